The molecule has 4 rings (SSSR count). The molecule has 0 amide bonds. The Bertz CT molecular complexity index is 514. The zero-order chi connectivity index (χ0) is 17.1. The van der Waals surface area contributed by atoms with Crippen LogP contribution < -0.4 is 0 Å². The number of hydrogen-bond acceptors (Lipinski definition) is 2. The fraction of sp³-hybridized carbons (Fsp3) is 0.955. The van der Waals surface area contributed by atoms with Gasteiger partial charge in [-0.15, -0.1) is 0 Å². The summed E-state index contributed by atoms with van der Waals surface area (Å²) in [5.41, 5.74) is 0.718. The predicted octanol–water partition coefficient (Wildman–Crippen LogP) is 4.99. The van der Waals surface area contributed by atoms with Crippen molar-refractivity contribution in [3.05, 3.63) is 0 Å². The van der Waals surface area contributed by atoms with Gasteiger partial charge in [-0.2, -0.15) is 0 Å². The average molecular weight is 333 g/mol. The molecular formula is C22H36O2. The Balaban J connectivity index is 1.63. The molecule has 0 bridgehead atoms. The second kappa shape index (κ2) is 5.83. The quantitative estimate of drug-likeness (QED) is 0.735. The van der Waals surface area contributed by atoms with Crippen LogP contribution in [0.3, 0.4) is 0 Å². The fourth-order valence-electron chi connectivity index (χ4n) is 8.10. The maximum atomic E-state index is 12.3. The summed E-state index contributed by atoms with van der Waals surface area (Å²) in [6.45, 7) is 6.84. The topological polar surface area (TPSA) is 37.3 Å². The lowest BCUT2D eigenvalue weighted by Crippen LogP contribution is -2.57. The van der Waals surface area contributed by atoms with Crippen molar-refractivity contribution in [1.29, 1.82) is 0 Å². The summed E-state index contributed by atoms with van der Waals surface area (Å²) in [7, 11) is 0. The molecule has 0 aromatic rings. The van der Waals surface area contributed by atoms with Gasteiger partial charge in [-0.3, -0.25) is 4.79 Å². The number of fused-ring (bicyclic) bond motifs is 5. The smallest absolute Gasteiger partial charge is 0.133 e. The Hall–Kier alpha value is -0.370. The molecule has 0 aromatic carbocycles. The van der Waals surface area contributed by atoms with E-state index in [4.69, 9.17) is 0 Å². The van der Waals surface area contributed by atoms with Gasteiger partial charge in [0.2, 0.25) is 0 Å². The molecule has 0 aromatic heterocycles. The van der Waals surface area contributed by atoms with Crippen molar-refractivity contribution < 1.29 is 9.90 Å². The summed E-state index contributed by atoms with van der Waals surface area (Å²) in [5.74, 6) is 3.94. The van der Waals surface area contributed by atoms with Gasteiger partial charge in [-0.1, -0.05) is 20.3 Å². The largest absolute Gasteiger partial charge is 0.393 e. The van der Waals surface area contributed by atoms with Crippen LogP contribution in [-0.4, -0.2) is 17.0 Å². The Kier molecular flexibility index (Phi) is 4.14. The number of aliphatic hydroxyl groups is 1. The predicted molar refractivity (Wildman–Crippen MR) is 96.5 cm³/mol. The molecule has 8 atom stereocenters. The number of rotatable bonds is 1. The van der Waals surface area contributed by atoms with Crippen LogP contribution in [0.2, 0.25) is 0 Å². The number of carbonyl (C=O) groups is 1. The normalized spacial score (nSPS) is 54.3. The summed E-state index contributed by atoms with van der Waals surface area (Å²) in [4.78, 5) is 12.3. The van der Waals surface area contributed by atoms with Gasteiger partial charge in [-0.05, 0) is 99.2 Å². The van der Waals surface area contributed by atoms with E-state index in [1.165, 1.54) is 44.9 Å². The van der Waals surface area contributed by atoms with E-state index in [0.717, 1.165) is 42.9 Å². The van der Waals surface area contributed by atoms with E-state index in [1.54, 1.807) is 0 Å². The third-order valence-corrected chi connectivity index (χ3v) is 9.37. The zero-order valence-corrected chi connectivity index (χ0v) is 15.9. The summed E-state index contributed by atoms with van der Waals surface area (Å²) >= 11 is 0. The van der Waals surface area contributed by atoms with Crippen molar-refractivity contribution in [3.63, 3.8) is 0 Å². The van der Waals surface area contributed by atoms with Crippen LogP contribution in [0, 0.1) is 40.4 Å². The van der Waals surface area contributed by atoms with Crippen molar-refractivity contribution in [3.8, 4) is 0 Å². The molecule has 0 radical (unpaired) electrons. The first-order valence-electron chi connectivity index (χ1n) is 10.5. The van der Waals surface area contributed by atoms with E-state index in [0.29, 0.717) is 17.1 Å². The van der Waals surface area contributed by atoms with Gasteiger partial charge >= 0.3 is 0 Å². The highest BCUT2D eigenvalue weighted by Crippen LogP contribution is 2.66. The van der Waals surface area contributed by atoms with Crippen LogP contribution in [0.5, 0.6) is 0 Å². The van der Waals surface area contributed by atoms with Crippen molar-refractivity contribution in [2.24, 2.45) is 40.4 Å². The van der Waals surface area contributed by atoms with Crippen LogP contribution >= 0.6 is 0 Å². The minimum Gasteiger partial charge on any atom is -0.393 e. The highest BCUT2D eigenvalue weighted by atomic mass is 16.3. The molecule has 2 nitrogen and oxygen atoms in total. The maximum Gasteiger partial charge on any atom is 0.133 e. The fourth-order valence-corrected chi connectivity index (χ4v) is 8.10. The van der Waals surface area contributed by atoms with Crippen LogP contribution in [0.15, 0.2) is 0 Å². The number of carbonyl (C=O) groups excluding carboxylic acids is 1. The van der Waals surface area contributed by atoms with Crippen molar-refractivity contribution in [2.75, 3.05) is 0 Å². The zero-order valence-electron chi connectivity index (χ0n) is 15.9. The molecule has 8 unspecified atom stereocenters. The van der Waals surface area contributed by atoms with Crippen molar-refractivity contribution >= 4 is 5.78 Å². The molecule has 0 spiro atoms. The van der Waals surface area contributed by atoms with E-state index in [2.05, 4.69) is 13.8 Å². The van der Waals surface area contributed by atoms with Gasteiger partial charge in [-0.25, -0.2) is 0 Å². The monoisotopic (exact) mass is 332 g/mol. The van der Waals surface area contributed by atoms with Gasteiger partial charge in [0.1, 0.15) is 5.78 Å². The van der Waals surface area contributed by atoms with Gasteiger partial charge in [0.25, 0.3) is 0 Å². The summed E-state index contributed by atoms with van der Waals surface area (Å²) in [6, 6.07) is 0. The van der Waals surface area contributed by atoms with Crippen molar-refractivity contribution in [1.82, 2.24) is 0 Å². The van der Waals surface area contributed by atoms with Crippen LogP contribution in [0.25, 0.3) is 0 Å². The minimum absolute atomic E-state index is 0.0507. The van der Waals surface area contributed by atoms with E-state index in [-0.39, 0.29) is 11.5 Å². The second-order valence-electron chi connectivity index (χ2n) is 10.2. The van der Waals surface area contributed by atoms with Crippen LogP contribution in [-0.2, 0) is 4.79 Å². The molecule has 0 aliphatic heterocycles. The third kappa shape index (κ3) is 2.35. The van der Waals surface area contributed by atoms with Crippen LogP contribution in [0.4, 0.5) is 0 Å². The van der Waals surface area contributed by atoms with Gasteiger partial charge in [0.15, 0.2) is 0 Å². The Morgan fingerprint density at radius 2 is 1.62 bits per heavy atom. The van der Waals surface area contributed by atoms with Crippen LogP contribution in [0.1, 0.15) is 85.0 Å². The molecule has 4 fully saturated rings. The maximum absolute atomic E-state index is 12.3. The van der Waals surface area contributed by atoms with E-state index < -0.39 is 0 Å². The molecule has 24 heavy (non-hydrogen) atoms. The highest BCUT2D eigenvalue weighted by molar-refractivity contribution is 5.79. The van der Waals surface area contributed by atoms with Gasteiger partial charge in [0, 0.05) is 5.92 Å². The first-order chi connectivity index (χ1) is 11.4. The highest BCUT2D eigenvalue weighted by Gasteiger charge is 2.59. The molecule has 0 saturated heterocycles. The number of ketones is 1. The Morgan fingerprint density at radius 3 is 2.38 bits per heavy atom. The van der Waals surface area contributed by atoms with E-state index in [9.17, 15) is 9.90 Å². The van der Waals surface area contributed by atoms with Gasteiger partial charge in [0.05, 0.1) is 6.10 Å². The first-order valence-corrected chi connectivity index (χ1v) is 10.5. The lowest BCUT2D eigenvalue weighted by Gasteiger charge is -2.63. The van der Waals surface area contributed by atoms with Crippen molar-refractivity contribution in [2.45, 2.75) is 91.1 Å². The third-order valence-electron chi connectivity index (χ3n) is 9.37. The number of Topliss-reactive ketones (excluding diaryl/α,β-unsaturated/α-hetero) is 1. The first kappa shape index (κ1) is 17.1. The van der Waals surface area contributed by atoms with Gasteiger partial charge < -0.3 is 5.11 Å². The number of hydrogen-bond donors (Lipinski definition) is 1. The standard InChI is InChI=1S/C22H36O2/c1-14(23)18-5-4-6-19-17-8-7-15-13-16(24)9-11-21(15,2)20(17)10-12-22(18,19)3/h15-20,24H,4-13H2,1-3H3. The molecule has 4 aliphatic carbocycles. The summed E-state index contributed by atoms with van der Waals surface area (Å²) < 4.78 is 0. The minimum atomic E-state index is -0.0507. The number of aliphatic hydroxyl groups excluding tert-OH is 1. The SMILES string of the molecule is CC(=O)C1CCCC2C3CCC4CC(O)CCC4(C)C3CCC12C. The Labute approximate surface area is 147 Å². The molecule has 1 N–H and O–H groups in total. The Morgan fingerprint density at radius 1 is 0.917 bits per heavy atom. The molecule has 0 heterocycles. The molecule has 4 aliphatic rings. The second-order valence-corrected chi connectivity index (χ2v) is 10.2. The lowest BCUT2D eigenvalue weighted by molar-refractivity contribution is -0.159. The average Bonchev–Trinajstić information content (AvgIpc) is 2.54. The molecule has 136 valence electrons. The molecule has 2 heteroatoms. The summed E-state index contributed by atoms with van der Waals surface area (Å²) in [6.07, 6.45) is 12.2. The summed E-state index contributed by atoms with van der Waals surface area (Å²) in [5, 5.41) is 10.1. The molecular weight excluding hydrogens is 296 g/mol. The lowest BCUT2D eigenvalue weighted by atomic mass is 9.41. The molecule has 4 saturated carbocycles. The van der Waals surface area contributed by atoms with E-state index >= 15 is 0 Å². The van der Waals surface area contributed by atoms with E-state index in [1.807, 2.05) is 6.92 Å².